The monoisotopic (exact) mass is 375 g/mol. The van der Waals surface area contributed by atoms with E-state index in [1.54, 1.807) is 6.07 Å². The van der Waals surface area contributed by atoms with Crippen LogP contribution in [0.4, 0.5) is 8.78 Å². The van der Waals surface area contributed by atoms with E-state index in [0.717, 1.165) is 26.2 Å². The highest BCUT2D eigenvalue weighted by atomic mass is 35.5. The third-order valence-corrected chi connectivity index (χ3v) is 4.13. The van der Waals surface area contributed by atoms with Gasteiger partial charge in [0.25, 0.3) is 0 Å². The van der Waals surface area contributed by atoms with E-state index in [4.69, 9.17) is 16.3 Å². The van der Waals surface area contributed by atoms with Crippen LogP contribution in [0.3, 0.4) is 0 Å². The summed E-state index contributed by atoms with van der Waals surface area (Å²) in [4.78, 5) is 6.57. The average Bonchev–Trinajstić information content (AvgIpc) is 3.06. The minimum absolute atomic E-state index is 0.0887. The Bertz CT molecular complexity index is 581. The number of aliphatic imine (C=N–C) groups is 1. The number of rotatable bonds is 7. The Balaban J connectivity index is 2.10. The van der Waals surface area contributed by atoms with Crippen molar-refractivity contribution < 1.29 is 18.3 Å². The van der Waals surface area contributed by atoms with Gasteiger partial charge in [-0.3, -0.25) is 0 Å². The predicted molar refractivity (Wildman–Crippen MR) is 94.5 cm³/mol. The van der Waals surface area contributed by atoms with Gasteiger partial charge in [-0.15, -0.1) is 0 Å². The maximum Gasteiger partial charge on any atom is 0.387 e. The SMILES string of the molecule is CCNC(=NCc1cc(Cl)ccc1OC(F)F)N(C)CC1CCOC1. The second kappa shape index (κ2) is 9.77. The van der Waals surface area contributed by atoms with Crippen LogP contribution in [0.1, 0.15) is 18.9 Å². The van der Waals surface area contributed by atoms with Crippen LogP contribution in [-0.4, -0.2) is 50.8 Å². The molecule has 1 heterocycles. The van der Waals surface area contributed by atoms with Gasteiger partial charge >= 0.3 is 6.61 Å². The van der Waals surface area contributed by atoms with Gasteiger partial charge in [-0.25, -0.2) is 4.99 Å². The first kappa shape index (κ1) is 19.7. The van der Waals surface area contributed by atoms with E-state index in [9.17, 15) is 8.78 Å². The van der Waals surface area contributed by atoms with Crippen molar-refractivity contribution in [3.8, 4) is 5.75 Å². The first-order chi connectivity index (χ1) is 12.0. The van der Waals surface area contributed by atoms with Crippen molar-refractivity contribution in [2.24, 2.45) is 10.9 Å². The highest BCUT2D eigenvalue weighted by Crippen LogP contribution is 2.25. The molecule has 1 fully saturated rings. The van der Waals surface area contributed by atoms with Crippen LogP contribution in [0.15, 0.2) is 23.2 Å². The highest BCUT2D eigenvalue weighted by molar-refractivity contribution is 6.30. The molecule has 5 nitrogen and oxygen atoms in total. The molecule has 0 saturated carbocycles. The van der Waals surface area contributed by atoms with Crippen molar-refractivity contribution in [1.82, 2.24) is 10.2 Å². The highest BCUT2D eigenvalue weighted by Gasteiger charge is 2.19. The number of alkyl halides is 2. The van der Waals surface area contributed by atoms with E-state index in [1.165, 1.54) is 12.1 Å². The lowest BCUT2D eigenvalue weighted by Gasteiger charge is -2.24. The first-order valence-electron chi connectivity index (χ1n) is 8.30. The zero-order valence-corrected chi connectivity index (χ0v) is 15.2. The molecule has 0 bridgehead atoms. The molecule has 1 atom stereocenters. The third kappa shape index (κ3) is 6.32. The van der Waals surface area contributed by atoms with E-state index in [2.05, 4.69) is 15.0 Å². The zero-order valence-electron chi connectivity index (χ0n) is 14.5. The number of hydrogen-bond acceptors (Lipinski definition) is 3. The summed E-state index contributed by atoms with van der Waals surface area (Å²) in [5, 5.41) is 3.67. The Morgan fingerprint density at radius 2 is 2.32 bits per heavy atom. The molecular weight excluding hydrogens is 352 g/mol. The summed E-state index contributed by atoms with van der Waals surface area (Å²) in [5.74, 6) is 1.26. The fourth-order valence-corrected chi connectivity index (χ4v) is 2.91. The number of halogens is 3. The zero-order chi connectivity index (χ0) is 18.2. The normalized spacial score (nSPS) is 17.8. The number of ether oxygens (including phenoxy) is 2. The quantitative estimate of drug-likeness (QED) is 0.586. The van der Waals surface area contributed by atoms with Gasteiger partial charge in [-0.05, 0) is 31.5 Å². The largest absolute Gasteiger partial charge is 0.434 e. The average molecular weight is 376 g/mol. The lowest BCUT2D eigenvalue weighted by Crippen LogP contribution is -2.41. The lowest BCUT2D eigenvalue weighted by molar-refractivity contribution is -0.0504. The second-order valence-electron chi connectivity index (χ2n) is 5.91. The summed E-state index contributed by atoms with van der Waals surface area (Å²) in [7, 11) is 1.95. The van der Waals surface area contributed by atoms with Gasteiger partial charge in [-0.2, -0.15) is 8.78 Å². The number of hydrogen-bond donors (Lipinski definition) is 1. The first-order valence-corrected chi connectivity index (χ1v) is 8.67. The summed E-state index contributed by atoms with van der Waals surface area (Å²) >= 11 is 5.97. The molecule has 1 aliphatic heterocycles. The van der Waals surface area contributed by atoms with Crippen molar-refractivity contribution in [2.75, 3.05) is 33.4 Å². The molecule has 2 rings (SSSR count). The van der Waals surface area contributed by atoms with Crippen LogP contribution >= 0.6 is 11.6 Å². The Morgan fingerprint density at radius 1 is 1.52 bits per heavy atom. The minimum Gasteiger partial charge on any atom is -0.434 e. The van der Waals surface area contributed by atoms with Crippen LogP contribution in [-0.2, 0) is 11.3 Å². The van der Waals surface area contributed by atoms with Crippen LogP contribution in [0.5, 0.6) is 5.75 Å². The number of benzene rings is 1. The Morgan fingerprint density at radius 3 is 2.96 bits per heavy atom. The topological polar surface area (TPSA) is 46.1 Å². The van der Waals surface area contributed by atoms with Gasteiger partial charge in [0, 0.05) is 43.2 Å². The van der Waals surface area contributed by atoms with Gasteiger partial charge in [0.2, 0.25) is 0 Å². The Kier molecular flexibility index (Phi) is 7.71. The lowest BCUT2D eigenvalue weighted by atomic mass is 10.1. The fourth-order valence-electron chi connectivity index (χ4n) is 2.71. The molecule has 0 spiro atoms. The molecule has 1 N–H and O–H groups in total. The van der Waals surface area contributed by atoms with E-state index in [1.807, 2.05) is 18.9 Å². The molecule has 1 aromatic carbocycles. The number of nitrogens with zero attached hydrogens (tertiary/aromatic N) is 2. The van der Waals surface area contributed by atoms with Crippen LogP contribution in [0.2, 0.25) is 5.02 Å². The summed E-state index contributed by atoms with van der Waals surface area (Å²) in [6.45, 7) is 2.36. The van der Waals surface area contributed by atoms with E-state index < -0.39 is 6.61 Å². The smallest absolute Gasteiger partial charge is 0.387 e. The van der Waals surface area contributed by atoms with Gasteiger partial charge < -0.3 is 19.7 Å². The van der Waals surface area contributed by atoms with Crippen LogP contribution in [0.25, 0.3) is 0 Å². The van der Waals surface area contributed by atoms with Crippen molar-refractivity contribution in [2.45, 2.75) is 26.5 Å². The molecule has 1 aromatic rings. The summed E-state index contributed by atoms with van der Waals surface area (Å²) in [6.07, 6.45) is 1.03. The van der Waals surface area contributed by atoms with Crippen molar-refractivity contribution in [1.29, 1.82) is 0 Å². The van der Waals surface area contributed by atoms with Crippen molar-refractivity contribution in [3.63, 3.8) is 0 Å². The van der Waals surface area contributed by atoms with E-state index >= 15 is 0 Å². The van der Waals surface area contributed by atoms with Gasteiger partial charge in [0.05, 0.1) is 13.2 Å². The molecular formula is C17H24ClF2N3O2. The van der Waals surface area contributed by atoms with E-state index in [0.29, 0.717) is 29.0 Å². The predicted octanol–water partition coefficient (Wildman–Crippen LogP) is 3.38. The van der Waals surface area contributed by atoms with Crippen LogP contribution < -0.4 is 10.1 Å². The van der Waals surface area contributed by atoms with E-state index in [-0.39, 0.29) is 12.3 Å². The fraction of sp³-hybridized carbons (Fsp3) is 0.588. The standard InChI is InChI=1S/C17H24ClF2N3O2/c1-3-21-17(23(2)10-12-6-7-24-11-12)22-9-13-8-14(18)4-5-15(13)25-16(19)20/h4-5,8,12,16H,3,6-7,9-11H2,1-2H3,(H,21,22). The number of guanidine groups is 1. The molecule has 0 amide bonds. The molecule has 0 radical (unpaired) electrons. The van der Waals surface area contributed by atoms with Gasteiger partial charge in [-0.1, -0.05) is 11.6 Å². The van der Waals surface area contributed by atoms with Gasteiger partial charge in [0.15, 0.2) is 5.96 Å². The third-order valence-electron chi connectivity index (χ3n) is 3.89. The van der Waals surface area contributed by atoms with Crippen molar-refractivity contribution in [3.05, 3.63) is 28.8 Å². The molecule has 0 aromatic heterocycles. The summed E-state index contributed by atoms with van der Waals surface area (Å²) < 4.78 is 35.1. The maximum absolute atomic E-state index is 12.6. The Labute approximate surface area is 152 Å². The Hall–Kier alpha value is -1.60. The molecule has 1 aliphatic rings. The molecule has 1 unspecified atom stereocenters. The molecule has 25 heavy (non-hydrogen) atoms. The molecule has 1 saturated heterocycles. The van der Waals surface area contributed by atoms with Crippen LogP contribution in [0, 0.1) is 5.92 Å². The summed E-state index contributed by atoms with van der Waals surface area (Å²) in [6, 6.07) is 4.55. The van der Waals surface area contributed by atoms with Crippen molar-refractivity contribution >= 4 is 17.6 Å². The number of nitrogens with one attached hydrogen (secondary N) is 1. The van der Waals surface area contributed by atoms with Gasteiger partial charge in [0.1, 0.15) is 5.75 Å². The molecule has 8 heteroatoms. The second-order valence-corrected chi connectivity index (χ2v) is 6.35. The molecule has 140 valence electrons. The minimum atomic E-state index is -2.89. The maximum atomic E-state index is 12.6. The molecule has 0 aliphatic carbocycles. The summed E-state index contributed by atoms with van der Waals surface area (Å²) in [5.41, 5.74) is 0.515.